The summed E-state index contributed by atoms with van der Waals surface area (Å²) in [5.41, 5.74) is 0. The third kappa shape index (κ3) is 4.01. The van der Waals surface area contributed by atoms with Gasteiger partial charge in [-0.1, -0.05) is 0 Å². The maximum Gasteiger partial charge on any atom is 0.0594 e. The Labute approximate surface area is 98.7 Å². The van der Waals surface area contributed by atoms with Gasteiger partial charge in [0.15, 0.2) is 0 Å². The van der Waals surface area contributed by atoms with Gasteiger partial charge in [0.25, 0.3) is 0 Å². The summed E-state index contributed by atoms with van der Waals surface area (Å²) >= 11 is 0. The number of rotatable bonds is 4. The number of nitrogens with one attached hydrogen (secondary N) is 2. The minimum absolute atomic E-state index is 0.598. The molecule has 0 bridgehead atoms. The Balaban J connectivity index is 1.64. The van der Waals surface area contributed by atoms with Crippen LogP contribution in [0.2, 0.25) is 0 Å². The van der Waals surface area contributed by atoms with Crippen LogP contribution in [0.15, 0.2) is 0 Å². The van der Waals surface area contributed by atoms with Crippen molar-refractivity contribution in [2.75, 3.05) is 45.9 Å². The normalized spacial score (nSPS) is 26.8. The summed E-state index contributed by atoms with van der Waals surface area (Å²) in [6.45, 7) is 9.80. The van der Waals surface area contributed by atoms with Crippen molar-refractivity contribution < 1.29 is 4.74 Å². The van der Waals surface area contributed by atoms with Crippen molar-refractivity contribution in [2.45, 2.75) is 31.8 Å². The molecule has 0 saturated carbocycles. The summed E-state index contributed by atoms with van der Waals surface area (Å²) in [5.74, 6) is 0. The second-order valence-corrected chi connectivity index (χ2v) is 5.00. The molecule has 0 aromatic heterocycles. The summed E-state index contributed by atoms with van der Waals surface area (Å²) in [4.78, 5) is 2.50. The molecule has 2 aliphatic rings. The lowest BCUT2D eigenvalue weighted by Gasteiger charge is -2.32. The summed E-state index contributed by atoms with van der Waals surface area (Å²) in [6, 6.07) is 1.32. The van der Waals surface area contributed by atoms with Crippen LogP contribution >= 0.6 is 0 Å². The fraction of sp³-hybridized carbons (Fsp3) is 1.00. The first-order chi connectivity index (χ1) is 7.84. The quantitative estimate of drug-likeness (QED) is 0.711. The van der Waals surface area contributed by atoms with Crippen molar-refractivity contribution in [1.29, 1.82) is 0 Å². The minimum atomic E-state index is 0.598. The van der Waals surface area contributed by atoms with E-state index in [0.29, 0.717) is 6.04 Å². The van der Waals surface area contributed by atoms with Crippen LogP contribution in [0, 0.1) is 0 Å². The Morgan fingerprint density at radius 1 is 1.31 bits per heavy atom. The number of morpholine rings is 1. The van der Waals surface area contributed by atoms with Gasteiger partial charge in [-0.05, 0) is 32.9 Å². The molecule has 2 fully saturated rings. The lowest BCUT2D eigenvalue weighted by atomic mass is 10.1. The average Bonchev–Trinajstić information content (AvgIpc) is 2.31. The van der Waals surface area contributed by atoms with E-state index in [-0.39, 0.29) is 0 Å². The summed E-state index contributed by atoms with van der Waals surface area (Å²) < 4.78 is 5.36. The molecule has 16 heavy (non-hydrogen) atoms. The van der Waals surface area contributed by atoms with Gasteiger partial charge in [0, 0.05) is 31.7 Å². The molecule has 1 atom stereocenters. The Morgan fingerprint density at radius 2 is 2.00 bits per heavy atom. The smallest absolute Gasteiger partial charge is 0.0594 e. The standard InChI is InChI=1S/C12H25N3O/c1-11(10-15-6-8-16-9-7-15)14-12-2-4-13-5-3-12/h11-14H,2-10H2,1H3. The molecule has 0 amide bonds. The highest BCUT2D eigenvalue weighted by Gasteiger charge is 2.18. The molecule has 0 aromatic carbocycles. The first-order valence-corrected chi connectivity index (χ1v) is 6.61. The molecule has 4 nitrogen and oxygen atoms in total. The predicted octanol–water partition coefficient (Wildman–Crippen LogP) is 0.0487. The number of piperidine rings is 1. The van der Waals surface area contributed by atoms with Crippen molar-refractivity contribution in [2.24, 2.45) is 0 Å². The molecule has 2 rings (SSSR count). The van der Waals surface area contributed by atoms with Crippen LogP contribution in [0.3, 0.4) is 0 Å². The van der Waals surface area contributed by atoms with Gasteiger partial charge in [-0.2, -0.15) is 0 Å². The van der Waals surface area contributed by atoms with Crippen molar-refractivity contribution >= 4 is 0 Å². The molecule has 2 heterocycles. The third-order valence-electron chi connectivity index (χ3n) is 3.50. The molecule has 2 saturated heterocycles. The van der Waals surface area contributed by atoms with Crippen molar-refractivity contribution in [3.8, 4) is 0 Å². The van der Waals surface area contributed by atoms with Gasteiger partial charge in [-0.3, -0.25) is 4.90 Å². The summed E-state index contributed by atoms with van der Waals surface area (Å²) in [6.07, 6.45) is 2.54. The average molecular weight is 227 g/mol. The molecule has 94 valence electrons. The monoisotopic (exact) mass is 227 g/mol. The van der Waals surface area contributed by atoms with Crippen molar-refractivity contribution in [1.82, 2.24) is 15.5 Å². The van der Waals surface area contributed by atoms with Gasteiger partial charge < -0.3 is 15.4 Å². The zero-order valence-electron chi connectivity index (χ0n) is 10.4. The number of hydrogen-bond acceptors (Lipinski definition) is 4. The van der Waals surface area contributed by atoms with E-state index in [1.54, 1.807) is 0 Å². The van der Waals surface area contributed by atoms with Crippen molar-refractivity contribution in [3.05, 3.63) is 0 Å². The molecule has 2 N–H and O–H groups in total. The Bertz CT molecular complexity index is 169. The van der Waals surface area contributed by atoms with Crippen LogP contribution < -0.4 is 10.6 Å². The maximum absolute atomic E-state index is 5.36. The van der Waals surface area contributed by atoms with Gasteiger partial charge >= 0.3 is 0 Å². The Morgan fingerprint density at radius 3 is 2.69 bits per heavy atom. The topological polar surface area (TPSA) is 36.5 Å². The molecule has 2 aliphatic heterocycles. The largest absolute Gasteiger partial charge is 0.379 e. The fourth-order valence-corrected chi connectivity index (χ4v) is 2.61. The molecule has 1 unspecified atom stereocenters. The second kappa shape index (κ2) is 6.55. The van der Waals surface area contributed by atoms with E-state index < -0.39 is 0 Å². The van der Waals surface area contributed by atoms with Crippen LogP contribution in [-0.4, -0.2) is 62.9 Å². The lowest BCUT2D eigenvalue weighted by molar-refractivity contribution is 0.0336. The molecule has 0 radical (unpaired) electrons. The van der Waals surface area contributed by atoms with Gasteiger partial charge in [0.05, 0.1) is 13.2 Å². The van der Waals surface area contributed by atoms with Gasteiger partial charge in [-0.15, -0.1) is 0 Å². The fourth-order valence-electron chi connectivity index (χ4n) is 2.61. The highest BCUT2D eigenvalue weighted by molar-refractivity contribution is 4.79. The minimum Gasteiger partial charge on any atom is -0.379 e. The van der Waals surface area contributed by atoms with E-state index in [0.717, 1.165) is 38.9 Å². The van der Waals surface area contributed by atoms with E-state index in [9.17, 15) is 0 Å². The number of nitrogens with zero attached hydrogens (tertiary/aromatic N) is 1. The van der Waals surface area contributed by atoms with E-state index in [1.165, 1.54) is 25.9 Å². The third-order valence-corrected chi connectivity index (χ3v) is 3.50. The molecular formula is C12H25N3O. The Kier molecular flexibility index (Phi) is 5.03. The first kappa shape index (κ1) is 12.3. The van der Waals surface area contributed by atoms with E-state index in [1.807, 2.05) is 0 Å². The molecule has 0 aromatic rings. The molecule has 0 spiro atoms. The second-order valence-electron chi connectivity index (χ2n) is 5.00. The summed E-state index contributed by atoms with van der Waals surface area (Å²) in [5, 5.41) is 7.15. The molecular weight excluding hydrogens is 202 g/mol. The molecule has 4 heteroatoms. The van der Waals surface area contributed by atoms with Crippen LogP contribution in [-0.2, 0) is 4.74 Å². The van der Waals surface area contributed by atoms with E-state index >= 15 is 0 Å². The summed E-state index contributed by atoms with van der Waals surface area (Å²) in [7, 11) is 0. The first-order valence-electron chi connectivity index (χ1n) is 6.61. The Hall–Kier alpha value is -0.160. The van der Waals surface area contributed by atoms with E-state index in [2.05, 4.69) is 22.5 Å². The lowest BCUT2D eigenvalue weighted by Crippen LogP contribution is -2.49. The predicted molar refractivity (Wildman–Crippen MR) is 65.7 cm³/mol. The van der Waals surface area contributed by atoms with Crippen LogP contribution in [0.5, 0.6) is 0 Å². The number of hydrogen-bond donors (Lipinski definition) is 2. The zero-order valence-corrected chi connectivity index (χ0v) is 10.4. The van der Waals surface area contributed by atoms with Crippen molar-refractivity contribution in [3.63, 3.8) is 0 Å². The highest BCUT2D eigenvalue weighted by atomic mass is 16.5. The number of ether oxygens (including phenoxy) is 1. The maximum atomic E-state index is 5.36. The highest BCUT2D eigenvalue weighted by Crippen LogP contribution is 2.05. The SMILES string of the molecule is CC(CN1CCOCC1)NC1CCNCC1. The van der Waals surface area contributed by atoms with Crippen LogP contribution in [0.4, 0.5) is 0 Å². The zero-order chi connectivity index (χ0) is 11.2. The van der Waals surface area contributed by atoms with Gasteiger partial charge in [-0.25, -0.2) is 0 Å². The van der Waals surface area contributed by atoms with Gasteiger partial charge in [0.2, 0.25) is 0 Å². The van der Waals surface area contributed by atoms with E-state index in [4.69, 9.17) is 4.74 Å². The van der Waals surface area contributed by atoms with Gasteiger partial charge in [0.1, 0.15) is 0 Å². The van der Waals surface area contributed by atoms with Crippen LogP contribution in [0.1, 0.15) is 19.8 Å². The molecule has 0 aliphatic carbocycles. The van der Waals surface area contributed by atoms with Crippen LogP contribution in [0.25, 0.3) is 0 Å².